The van der Waals surface area contributed by atoms with Crippen LogP contribution in [-0.4, -0.2) is 29.1 Å². The first-order valence-electron chi connectivity index (χ1n) is 6.57. The Morgan fingerprint density at radius 1 is 1.37 bits per heavy atom. The lowest BCUT2D eigenvalue weighted by Gasteiger charge is -2.38. The van der Waals surface area contributed by atoms with Crippen molar-refractivity contribution in [3.63, 3.8) is 0 Å². The number of aliphatic hydroxyl groups excluding tert-OH is 1. The first-order valence-corrected chi connectivity index (χ1v) is 6.57. The Bertz CT molecular complexity index is 475. The lowest BCUT2D eigenvalue weighted by Crippen LogP contribution is -2.47. The average Bonchev–Trinajstić information content (AvgIpc) is 2.39. The maximum Gasteiger partial charge on any atom is 0.243 e. The first-order chi connectivity index (χ1) is 9.22. The lowest BCUT2D eigenvalue weighted by atomic mass is 9.69. The summed E-state index contributed by atoms with van der Waals surface area (Å²) in [6, 6.07) is 11.8. The third-order valence-corrected chi connectivity index (χ3v) is 3.70. The highest BCUT2D eigenvalue weighted by Gasteiger charge is 2.46. The summed E-state index contributed by atoms with van der Waals surface area (Å²) in [5, 5.41) is 18.3. The molecule has 19 heavy (non-hydrogen) atoms. The summed E-state index contributed by atoms with van der Waals surface area (Å²) in [5.41, 5.74) is 0.168. The van der Waals surface area contributed by atoms with Crippen LogP contribution in [0.15, 0.2) is 30.3 Å². The number of carbonyl (C=O) groups is 1. The quantitative estimate of drug-likeness (QED) is 0.874. The first kappa shape index (κ1) is 13.6. The number of rotatable bonds is 5. The van der Waals surface area contributed by atoms with Gasteiger partial charge in [0.1, 0.15) is 5.41 Å². The maximum absolute atomic E-state index is 12.5. The zero-order valence-corrected chi connectivity index (χ0v) is 10.9. The molecule has 4 heteroatoms. The third kappa shape index (κ3) is 2.77. The Morgan fingerprint density at radius 2 is 2.05 bits per heavy atom. The molecule has 1 aromatic carbocycles. The van der Waals surface area contributed by atoms with Gasteiger partial charge in [-0.3, -0.25) is 4.79 Å². The summed E-state index contributed by atoms with van der Waals surface area (Å²) in [4.78, 5) is 14.1. The van der Waals surface area contributed by atoms with Crippen LogP contribution in [-0.2, 0) is 11.3 Å². The van der Waals surface area contributed by atoms with E-state index in [0.717, 1.165) is 12.0 Å². The molecule has 1 fully saturated rings. The van der Waals surface area contributed by atoms with E-state index >= 15 is 0 Å². The summed E-state index contributed by atoms with van der Waals surface area (Å²) in [6.07, 6.45) is 2.20. The predicted molar refractivity (Wildman–Crippen MR) is 70.8 cm³/mol. The Balaban J connectivity index is 2.12. The van der Waals surface area contributed by atoms with E-state index in [1.807, 2.05) is 30.3 Å². The molecule has 100 valence electrons. The molecular formula is C15H18N2O2. The molecule has 0 radical (unpaired) electrons. The molecule has 2 rings (SSSR count). The van der Waals surface area contributed by atoms with Crippen LogP contribution in [0, 0.1) is 16.7 Å². The second kappa shape index (κ2) is 5.85. The van der Waals surface area contributed by atoms with Gasteiger partial charge in [0, 0.05) is 13.1 Å². The Labute approximate surface area is 113 Å². The molecule has 0 spiro atoms. The van der Waals surface area contributed by atoms with Gasteiger partial charge in [-0.15, -0.1) is 0 Å². The molecule has 0 saturated heterocycles. The summed E-state index contributed by atoms with van der Waals surface area (Å²) < 4.78 is 0. The van der Waals surface area contributed by atoms with Gasteiger partial charge in [0.15, 0.2) is 0 Å². The number of hydrogen-bond acceptors (Lipinski definition) is 3. The largest absolute Gasteiger partial charge is 0.395 e. The Kier molecular flexibility index (Phi) is 4.18. The maximum atomic E-state index is 12.5. The van der Waals surface area contributed by atoms with E-state index < -0.39 is 5.41 Å². The topological polar surface area (TPSA) is 64.3 Å². The van der Waals surface area contributed by atoms with E-state index in [-0.39, 0.29) is 19.1 Å². The van der Waals surface area contributed by atoms with Crippen molar-refractivity contribution >= 4 is 5.91 Å². The van der Waals surface area contributed by atoms with Crippen LogP contribution in [0.5, 0.6) is 0 Å². The average molecular weight is 258 g/mol. The Morgan fingerprint density at radius 3 is 2.53 bits per heavy atom. The van der Waals surface area contributed by atoms with Crippen molar-refractivity contribution in [2.24, 2.45) is 5.41 Å². The molecule has 1 aliphatic rings. The van der Waals surface area contributed by atoms with Gasteiger partial charge in [0.25, 0.3) is 0 Å². The number of aliphatic hydroxyl groups is 1. The molecular weight excluding hydrogens is 240 g/mol. The van der Waals surface area contributed by atoms with Crippen molar-refractivity contribution in [2.75, 3.05) is 13.2 Å². The van der Waals surface area contributed by atoms with E-state index in [1.165, 1.54) is 0 Å². The number of amides is 1. The molecule has 4 nitrogen and oxygen atoms in total. The summed E-state index contributed by atoms with van der Waals surface area (Å²) in [5.74, 6) is -0.140. The lowest BCUT2D eigenvalue weighted by molar-refractivity contribution is -0.144. The predicted octanol–water partition coefficient (Wildman–Crippen LogP) is 1.70. The molecule has 0 heterocycles. The third-order valence-electron chi connectivity index (χ3n) is 3.70. The van der Waals surface area contributed by atoms with Crippen LogP contribution in [0.25, 0.3) is 0 Å². The van der Waals surface area contributed by atoms with E-state index in [1.54, 1.807) is 4.90 Å². The van der Waals surface area contributed by atoms with Crippen LogP contribution in [0.1, 0.15) is 24.8 Å². The van der Waals surface area contributed by atoms with Gasteiger partial charge < -0.3 is 10.0 Å². The van der Waals surface area contributed by atoms with Crippen molar-refractivity contribution in [3.05, 3.63) is 35.9 Å². The van der Waals surface area contributed by atoms with Crippen LogP contribution < -0.4 is 0 Å². The van der Waals surface area contributed by atoms with Gasteiger partial charge in [0.05, 0.1) is 12.7 Å². The molecule has 1 aliphatic carbocycles. The second-order valence-electron chi connectivity index (χ2n) is 4.98. The minimum absolute atomic E-state index is 0.0833. The molecule has 0 unspecified atom stereocenters. The molecule has 1 amide bonds. The van der Waals surface area contributed by atoms with Gasteiger partial charge in [0.2, 0.25) is 5.91 Å². The van der Waals surface area contributed by atoms with Crippen molar-refractivity contribution in [1.82, 2.24) is 4.90 Å². The zero-order valence-electron chi connectivity index (χ0n) is 10.9. The van der Waals surface area contributed by atoms with Crippen LogP contribution in [0.2, 0.25) is 0 Å². The van der Waals surface area contributed by atoms with Gasteiger partial charge in [-0.05, 0) is 24.8 Å². The molecule has 0 aliphatic heterocycles. The van der Waals surface area contributed by atoms with Crippen molar-refractivity contribution < 1.29 is 9.90 Å². The smallest absolute Gasteiger partial charge is 0.243 e. The molecule has 0 bridgehead atoms. The van der Waals surface area contributed by atoms with Crippen molar-refractivity contribution in [1.29, 1.82) is 5.26 Å². The summed E-state index contributed by atoms with van der Waals surface area (Å²) in [6.45, 7) is 0.640. The number of benzene rings is 1. The summed E-state index contributed by atoms with van der Waals surface area (Å²) >= 11 is 0. The van der Waals surface area contributed by atoms with Gasteiger partial charge in [-0.1, -0.05) is 30.3 Å². The van der Waals surface area contributed by atoms with Crippen LogP contribution >= 0.6 is 0 Å². The van der Waals surface area contributed by atoms with E-state index in [9.17, 15) is 10.1 Å². The van der Waals surface area contributed by atoms with Gasteiger partial charge in [-0.2, -0.15) is 5.26 Å². The highest BCUT2D eigenvalue weighted by molar-refractivity contribution is 5.86. The van der Waals surface area contributed by atoms with Gasteiger partial charge in [-0.25, -0.2) is 0 Å². The van der Waals surface area contributed by atoms with Crippen molar-refractivity contribution in [2.45, 2.75) is 25.8 Å². The normalized spacial score (nSPS) is 16.2. The van der Waals surface area contributed by atoms with E-state index in [0.29, 0.717) is 19.4 Å². The SMILES string of the molecule is N#CC1(C(=O)N(CCO)Cc2ccccc2)CCC1. The fraction of sp³-hybridized carbons (Fsp3) is 0.467. The number of nitriles is 1. The zero-order chi connectivity index (χ0) is 13.7. The minimum Gasteiger partial charge on any atom is -0.395 e. The fourth-order valence-corrected chi connectivity index (χ4v) is 2.38. The molecule has 0 atom stereocenters. The molecule has 1 aromatic rings. The standard InChI is InChI=1S/C15H18N2O2/c16-12-15(7-4-8-15)14(19)17(9-10-18)11-13-5-2-1-3-6-13/h1-3,5-6,18H,4,7-11H2. The molecule has 1 N–H and O–H groups in total. The van der Waals surface area contributed by atoms with E-state index in [2.05, 4.69) is 6.07 Å². The summed E-state index contributed by atoms with van der Waals surface area (Å²) in [7, 11) is 0. The van der Waals surface area contributed by atoms with Crippen LogP contribution in [0.3, 0.4) is 0 Å². The molecule has 0 aromatic heterocycles. The highest BCUT2D eigenvalue weighted by atomic mass is 16.3. The minimum atomic E-state index is -0.843. The fourth-order valence-electron chi connectivity index (χ4n) is 2.38. The number of carbonyl (C=O) groups excluding carboxylic acids is 1. The molecule has 1 saturated carbocycles. The number of nitrogens with zero attached hydrogens (tertiary/aromatic N) is 2. The number of hydrogen-bond donors (Lipinski definition) is 1. The van der Waals surface area contributed by atoms with Crippen LogP contribution in [0.4, 0.5) is 0 Å². The second-order valence-corrected chi connectivity index (χ2v) is 4.98. The Hall–Kier alpha value is -1.86. The monoisotopic (exact) mass is 258 g/mol. The van der Waals surface area contributed by atoms with Gasteiger partial charge >= 0.3 is 0 Å². The van der Waals surface area contributed by atoms with E-state index in [4.69, 9.17) is 5.11 Å². The van der Waals surface area contributed by atoms with Crippen molar-refractivity contribution in [3.8, 4) is 6.07 Å². The highest BCUT2D eigenvalue weighted by Crippen LogP contribution is 2.42.